The van der Waals surface area contributed by atoms with Gasteiger partial charge in [-0.25, -0.2) is 0 Å². The van der Waals surface area contributed by atoms with Crippen molar-refractivity contribution in [3.05, 3.63) is 33.4 Å². The lowest BCUT2D eigenvalue weighted by atomic mass is 10.2. The summed E-state index contributed by atoms with van der Waals surface area (Å²) in [5, 5.41) is 10.6. The lowest BCUT2D eigenvalue weighted by Gasteiger charge is -2.01. The molecule has 0 atom stereocenters. The summed E-state index contributed by atoms with van der Waals surface area (Å²) in [6.45, 7) is -0.356. The summed E-state index contributed by atoms with van der Waals surface area (Å²) in [6, 6.07) is 6.88. The van der Waals surface area contributed by atoms with E-state index in [-0.39, 0.29) is 12.5 Å². The van der Waals surface area contributed by atoms with Crippen molar-refractivity contribution < 1.29 is 14.7 Å². The Hall–Kier alpha value is -1.11. The molecule has 0 fully saturated rings. The number of hydrogen-bond donors (Lipinski definition) is 2. The van der Waals surface area contributed by atoms with Gasteiger partial charge < -0.3 is 10.4 Å². The van der Waals surface area contributed by atoms with Crippen molar-refractivity contribution in [2.24, 2.45) is 0 Å². The van der Waals surface area contributed by atoms with Crippen LogP contribution in [0, 0.1) is 3.57 Å². The van der Waals surface area contributed by atoms with Gasteiger partial charge in [0.2, 0.25) is 0 Å². The van der Waals surface area contributed by atoms with Gasteiger partial charge in [-0.2, -0.15) is 0 Å². The van der Waals surface area contributed by atoms with Gasteiger partial charge in [0.25, 0.3) is 5.91 Å². The van der Waals surface area contributed by atoms with E-state index in [4.69, 9.17) is 5.11 Å². The largest absolute Gasteiger partial charge is 0.480 e. The monoisotopic (exact) mass is 309 g/mol. The highest BCUT2D eigenvalue weighted by Gasteiger charge is 2.05. The predicted octanol–water partition coefficient (Wildman–Crippen LogP) is 1.11. The molecule has 1 aromatic carbocycles. The molecule has 1 rings (SSSR count). The minimum absolute atomic E-state index is 0.356. The van der Waals surface area contributed by atoms with Gasteiger partial charge in [0.15, 0.2) is 0 Å². The maximum Gasteiger partial charge on any atom is 0.322 e. The lowest BCUT2D eigenvalue weighted by molar-refractivity contribution is -0.135. The van der Waals surface area contributed by atoms with Crippen LogP contribution < -0.4 is 5.32 Å². The van der Waals surface area contributed by atoms with Crippen LogP contribution in [0.1, 0.15) is 10.4 Å². The second kappa shape index (κ2) is 4.94. The Balaban J connectivity index is 2.61. The van der Waals surface area contributed by atoms with Gasteiger partial charge in [-0.05, 0) is 46.9 Å². The first-order chi connectivity index (χ1) is 6.59. The molecular formula is C9H8INO3. The van der Waals surface area contributed by atoms with Crippen LogP contribution in [0.4, 0.5) is 0 Å². The fourth-order valence-electron chi connectivity index (χ4n) is 0.859. The number of rotatable bonds is 3. The van der Waals surface area contributed by atoms with Gasteiger partial charge in [-0.1, -0.05) is 0 Å². The maximum atomic E-state index is 11.3. The molecule has 0 aliphatic rings. The highest BCUT2D eigenvalue weighted by molar-refractivity contribution is 14.1. The van der Waals surface area contributed by atoms with E-state index in [1.807, 2.05) is 0 Å². The zero-order valence-corrected chi connectivity index (χ0v) is 9.32. The van der Waals surface area contributed by atoms with Crippen molar-refractivity contribution in [1.29, 1.82) is 0 Å². The van der Waals surface area contributed by atoms with E-state index in [9.17, 15) is 9.59 Å². The molecule has 1 amide bonds. The van der Waals surface area contributed by atoms with E-state index < -0.39 is 5.97 Å². The van der Waals surface area contributed by atoms with Crippen molar-refractivity contribution in [3.63, 3.8) is 0 Å². The van der Waals surface area contributed by atoms with Gasteiger partial charge in [0.1, 0.15) is 6.54 Å². The highest BCUT2D eigenvalue weighted by atomic mass is 131. The minimum Gasteiger partial charge on any atom is -0.480 e. The zero-order chi connectivity index (χ0) is 10.6. The molecule has 1 aromatic rings. The molecular weight excluding hydrogens is 301 g/mol. The third kappa shape index (κ3) is 3.33. The minimum atomic E-state index is -1.05. The third-order valence-corrected chi connectivity index (χ3v) is 2.23. The van der Waals surface area contributed by atoms with E-state index in [1.165, 1.54) is 0 Å². The summed E-state index contributed by atoms with van der Waals surface area (Å²) in [7, 11) is 0. The Morgan fingerprint density at radius 3 is 2.36 bits per heavy atom. The summed E-state index contributed by atoms with van der Waals surface area (Å²) in [5.74, 6) is -1.42. The molecule has 0 aliphatic carbocycles. The molecule has 0 unspecified atom stereocenters. The Morgan fingerprint density at radius 2 is 1.86 bits per heavy atom. The summed E-state index contributed by atoms with van der Waals surface area (Å²) in [6.07, 6.45) is 0. The van der Waals surface area contributed by atoms with Crippen molar-refractivity contribution in [2.45, 2.75) is 0 Å². The molecule has 4 nitrogen and oxygen atoms in total. The molecule has 2 N–H and O–H groups in total. The van der Waals surface area contributed by atoms with E-state index in [0.29, 0.717) is 5.56 Å². The number of carboxylic acids is 1. The van der Waals surface area contributed by atoms with Crippen LogP contribution in [0.25, 0.3) is 0 Å². The van der Waals surface area contributed by atoms with Crippen LogP contribution in [-0.4, -0.2) is 23.5 Å². The van der Waals surface area contributed by atoms with Gasteiger partial charge in [-0.15, -0.1) is 0 Å². The van der Waals surface area contributed by atoms with Crippen LogP contribution in [0.15, 0.2) is 24.3 Å². The molecule has 74 valence electrons. The molecule has 0 aromatic heterocycles. The van der Waals surface area contributed by atoms with Gasteiger partial charge in [0, 0.05) is 9.13 Å². The molecule has 0 bridgehead atoms. The average Bonchev–Trinajstić information content (AvgIpc) is 2.15. The molecule has 0 aliphatic heterocycles. The smallest absolute Gasteiger partial charge is 0.322 e. The van der Waals surface area contributed by atoms with Crippen molar-refractivity contribution in [1.82, 2.24) is 5.32 Å². The number of hydrogen-bond acceptors (Lipinski definition) is 2. The Bertz CT molecular complexity index is 348. The number of halogens is 1. The second-order valence-corrected chi connectivity index (χ2v) is 3.83. The van der Waals surface area contributed by atoms with E-state index >= 15 is 0 Å². The van der Waals surface area contributed by atoms with Gasteiger partial charge in [0.05, 0.1) is 0 Å². The fourth-order valence-corrected chi connectivity index (χ4v) is 1.22. The number of aliphatic carboxylic acids is 1. The zero-order valence-electron chi connectivity index (χ0n) is 7.16. The molecule has 0 heterocycles. The molecule has 0 saturated carbocycles. The molecule has 5 heteroatoms. The molecule has 0 radical (unpaired) electrons. The van der Waals surface area contributed by atoms with Crippen LogP contribution >= 0.6 is 22.6 Å². The van der Waals surface area contributed by atoms with E-state index in [2.05, 4.69) is 27.9 Å². The van der Waals surface area contributed by atoms with Crippen LogP contribution in [0.2, 0.25) is 0 Å². The molecule has 0 saturated heterocycles. The lowest BCUT2D eigenvalue weighted by Crippen LogP contribution is -2.29. The first kappa shape index (κ1) is 11.0. The summed E-state index contributed by atoms with van der Waals surface area (Å²) < 4.78 is 1.03. The Labute approximate surface area is 94.5 Å². The van der Waals surface area contributed by atoms with Crippen LogP contribution in [-0.2, 0) is 4.79 Å². The number of carbonyl (C=O) groups is 2. The second-order valence-electron chi connectivity index (χ2n) is 2.58. The highest BCUT2D eigenvalue weighted by Crippen LogP contribution is 2.06. The first-order valence-corrected chi connectivity index (χ1v) is 4.93. The molecule has 14 heavy (non-hydrogen) atoms. The SMILES string of the molecule is O=C(O)CNC(=O)c1ccc([131I])cc1. The average molecular weight is 309 g/mol. The van der Waals surface area contributed by atoms with Gasteiger partial charge >= 0.3 is 5.97 Å². The standard InChI is InChI=1S/C9H8INO3/c10-7-3-1-6(2-4-7)9(14)11-5-8(12)13/h1-4H,5H2,(H,11,14)(H,12,13)/i10+4. The Morgan fingerprint density at radius 1 is 1.29 bits per heavy atom. The van der Waals surface area contributed by atoms with Crippen molar-refractivity contribution in [2.75, 3.05) is 6.54 Å². The quantitative estimate of drug-likeness (QED) is 0.822. The van der Waals surface area contributed by atoms with Crippen molar-refractivity contribution in [3.8, 4) is 0 Å². The number of amides is 1. The fraction of sp³-hybridized carbons (Fsp3) is 0.111. The maximum absolute atomic E-state index is 11.3. The van der Waals surface area contributed by atoms with Gasteiger partial charge in [-0.3, -0.25) is 9.59 Å². The number of carbonyl (C=O) groups excluding carboxylic acids is 1. The third-order valence-electron chi connectivity index (χ3n) is 1.51. The number of nitrogens with one attached hydrogen (secondary N) is 1. The van der Waals surface area contributed by atoms with Crippen LogP contribution in [0.5, 0.6) is 0 Å². The van der Waals surface area contributed by atoms with Crippen molar-refractivity contribution >= 4 is 34.5 Å². The Kier molecular flexibility index (Phi) is 3.87. The summed E-state index contributed by atoms with van der Waals surface area (Å²) in [4.78, 5) is 21.5. The van der Waals surface area contributed by atoms with Crippen LogP contribution in [0.3, 0.4) is 0 Å². The number of carboxylic acid groups (broad SMARTS) is 1. The normalized spacial score (nSPS) is 9.50. The first-order valence-electron chi connectivity index (χ1n) is 3.85. The number of benzene rings is 1. The summed E-state index contributed by atoms with van der Waals surface area (Å²) in [5.41, 5.74) is 0.465. The van der Waals surface area contributed by atoms with E-state index in [0.717, 1.165) is 3.57 Å². The predicted molar refractivity (Wildman–Crippen MR) is 59.1 cm³/mol. The van der Waals surface area contributed by atoms with E-state index in [1.54, 1.807) is 24.3 Å². The molecule has 0 spiro atoms. The summed E-state index contributed by atoms with van der Waals surface area (Å²) >= 11 is 2.13. The topological polar surface area (TPSA) is 66.4 Å².